The fraction of sp³-hybridized carbons (Fsp3) is 0.829. The highest BCUT2D eigenvalue weighted by molar-refractivity contribution is 7.85. The zero-order valence-electron chi connectivity index (χ0n) is 31.4. The number of carbonyl (C=O) groups is 1. The van der Waals surface area contributed by atoms with Gasteiger partial charge in [0.25, 0.3) is 10.1 Å². The summed E-state index contributed by atoms with van der Waals surface area (Å²) in [4.78, 5) is 12.5. The lowest BCUT2D eigenvalue weighted by Crippen LogP contribution is -2.46. The van der Waals surface area contributed by atoms with E-state index in [1.54, 1.807) is 6.08 Å². The van der Waals surface area contributed by atoms with Gasteiger partial charge in [-0.3, -0.25) is 9.35 Å². The maximum Gasteiger partial charge on any atom is 0.267 e. The van der Waals surface area contributed by atoms with Crippen LogP contribution in [0.25, 0.3) is 0 Å². The lowest BCUT2D eigenvalue weighted by Gasteiger charge is -2.21. The van der Waals surface area contributed by atoms with Gasteiger partial charge in [-0.1, -0.05) is 185 Å². The zero-order chi connectivity index (χ0) is 35.4. The third-order valence-corrected chi connectivity index (χ3v) is 9.83. The first-order chi connectivity index (χ1) is 23.3. The lowest BCUT2D eigenvalue weighted by molar-refractivity contribution is -0.122. The molecule has 0 bridgehead atoms. The van der Waals surface area contributed by atoms with Gasteiger partial charge in [0.05, 0.1) is 17.9 Å². The minimum atomic E-state index is -4.35. The Hall–Kier alpha value is -1.44. The Morgan fingerprint density at radius 1 is 0.542 bits per heavy atom. The quantitative estimate of drug-likeness (QED) is 0.0344. The van der Waals surface area contributed by atoms with Gasteiger partial charge in [0, 0.05) is 6.42 Å². The number of carbonyl (C=O) groups excluding carboxylic acids is 1. The zero-order valence-corrected chi connectivity index (χ0v) is 32.2. The average molecular weight is 696 g/mol. The number of unbranched alkanes of at least 4 members (excludes halogenated alkanes) is 24. The van der Waals surface area contributed by atoms with Gasteiger partial charge in [-0.05, 0) is 44.9 Å². The molecule has 0 aromatic carbocycles. The molecule has 1 amide bonds. The molecule has 2 unspecified atom stereocenters. The Morgan fingerprint density at radius 2 is 0.896 bits per heavy atom. The van der Waals surface area contributed by atoms with Crippen LogP contribution in [-0.2, 0) is 14.9 Å². The van der Waals surface area contributed by atoms with E-state index < -0.39 is 28.0 Å². The molecule has 0 aromatic heterocycles. The Labute approximate surface area is 297 Å². The molecule has 7 heteroatoms. The normalized spacial score (nSPS) is 13.7. The molecule has 0 heterocycles. The third kappa shape index (κ3) is 35.9. The fourth-order valence-electron chi connectivity index (χ4n) is 6.01. The molecule has 0 fully saturated rings. The van der Waals surface area contributed by atoms with Crippen LogP contribution in [0.4, 0.5) is 0 Å². The van der Waals surface area contributed by atoms with Crippen molar-refractivity contribution in [1.82, 2.24) is 5.32 Å². The van der Waals surface area contributed by atoms with Crippen LogP contribution in [0.2, 0.25) is 0 Å². The van der Waals surface area contributed by atoms with Gasteiger partial charge >= 0.3 is 0 Å². The molecule has 0 aliphatic carbocycles. The molecule has 0 saturated carbocycles. The van der Waals surface area contributed by atoms with Crippen molar-refractivity contribution in [3.63, 3.8) is 0 Å². The van der Waals surface area contributed by atoms with Gasteiger partial charge in [-0.2, -0.15) is 8.42 Å². The molecule has 282 valence electrons. The number of rotatable bonds is 36. The Morgan fingerprint density at radius 3 is 1.31 bits per heavy atom. The summed E-state index contributed by atoms with van der Waals surface area (Å²) in [6, 6.07) is -1.08. The van der Waals surface area contributed by atoms with Crippen molar-refractivity contribution in [3.05, 3.63) is 36.5 Å². The van der Waals surface area contributed by atoms with E-state index in [1.807, 2.05) is 0 Å². The smallest absolute Gasteiger partial charge is 0.267 e. The highest BCUT2D eigenvalue weighted by Gasteiger charge is 2.24. The molecular formula is C41H77NO5S. The van der Waals surface area contributed by atoms with Crippen molar-refractivity contribution in [1.29, 1.82) is 0 Å². The number of amides is 1. The van der Waals surface area contributed by atoms with Gasteiger partial charge in [0.2, 0.25) is 5.91 Å². The summed E-state index contributed by atoms with van der Waals surface area (Å²) in [5, 5.41) is 13.2. The first-order valence-electron chi connectivity index (χ1n) is 20.2. The number of allylic oxidation sites excluding steroid dienone is 5. The first kappa shape index (κ1) is 46.6. The standard InChI is InChI=1S/C41H77NO5S/c1-3-5-7-9-11-13-15-17-18-19-20-21-22-23-25-26-28-30-32-34-36-40(43)39(38-48(45,46)47)42-41(44)37-35-33-31-29-27-24-16-14-12-10-8-6-4-2/h21-22,26,28,34,36,39-40,43H,3-20,23-25,27,29-33,35,37-38H2,1-2H3,(H,42,44)(H,45,46,47)/b22-21+,28-26+,36-34+. The second-order valence-electron chi connectivity index (χ2n) is 13.9. The SMILES string of the molecule is CCCCCCCCCCCC/C=C/CC/C=C/CC/C=C/C(O)C(CS(=O)(=O)O)NC(=O)CCCCCCCCCCCCCCC. The third-order valence-electron chi connectivity index (χ3n) is 9.05. The van der Waals surface area contributed by atoms with Gasteiger partial charge in [-0.15, -0.1) is 0 Å². The summed E-state index contributed by atoms with van der Waals surface area (Å²) in [6.45, 7) is 4.51. The van der Waals surface area contributed by atoms with Gasteiger partial charge < -0.3 is 10.4 Å². The summed E-state index contributed by atoms with van der Waals surface area (Å²) < 4.78 is 32.4. The molecule has 0 radical (unpaired) electrons. The van der Waals surface area contributed by atoms with Crippen LogP contribution in [0.15, 0.2) is 36.5 Å². The molecule has 0 aromatic rings. The molecule has 0 spiro atoms. The highest BCUT2D eigenvalue weighted by atomic mass is 32.2. The van der Waals surface area contributed by atoms with Crippen molar-refractivity contribution in [2.75, 3.05) is 5.75 Å². The lowest BCUT2D eigenvalue weighted by atomic mass is 10.0. The van der Waals surface area contributed by atoms with E-state index in [4.69, 9.17) is 0 Å². The largest absolute Gasteiger partial charge is 0.387 e. The maximum atomic E-state index is 12.5. The molecule has 0 rings (SSSR count). The predicted octanol–water partition coefficient (Wildman–Crippen LogP) is 11.7. The summed E-state index contributed by atoms with van der Waals surface area (Å²) in [5.74, 6) is -1.00. The van der Waals surface area contributed by atoms with Crippen LogP contribution in [0.5, 0.6) is 0 Å². The summed E-state index contributed by atoms with van der Waals surface area (Å²) in [7, 11) is -4.35. The minimum absolute atomic E-state index is 0.287. The highest BCUT2D eigenvalue weighted by Crippen LogP contribution is 2.14. The van der Waals surface area contributed by atoms with E-state index in [9.17, 15) is 22.9 Å². The maximum absolute atomic E-state index is 12.5. The van der Waals surface area contributed by atoms with E-state index in [1.165, 1.54) is 141 Å². The molecule has 0 aliphatic heterocycles. The average Bonchev–Trinajstić information content (AvgIpc) is 3.05. The molecule has 0 saturated heterocycles. The second kappa shape index (κ2) is 35.4. The van der Waals surface area contributed by atoms with E-state index in [0.717, 1.165) is 38.5 Å². The minimum Gasteiger partial charge on any atom is -0.387 e. The van der Waals surface area contributed by atoms with Crippen molar-refractivity contribution in [2.24, 2.45) is 0 Å². The van der Waals surface area contributed by atoms with Crippen LogP contribution >= 0.6 is 0 Å². The van der Waals surface area contributed by atoms with Crippen molar-refractivity contribution in [2.45, 2.75) is 212 Å². The van der Waals surface area contributed by atoms with Gasteiger partial charge in [-0.25, -0.2) is 0 Å². The molecule has 6 nitrogen and oxygen atoms in total. The predicted molar refractivity (Wildman–Crippen MR) is 207 cm³/mol. The molecule has 2 atom stereocenters. The fourth-order valence-corrected chi connectivity index (χ4v) is 6.74. The molecular weight excluding hydrogens is 619 g/mol. The Balaban J connectivity index is 4.00. The number of nitrogens with one attached hydrogen (secondary N) is 1. The number of hydrogen-bond donors (Lipinski definition) is 3. The Kier molecular flexibility index (Phi) is 34.3. The van der Waals surface area contributed by atoms with E-state index in [0.29, 0.717) is 6.42 Å². The van der Waals surface area contributed by atoms with Crippen molar-refractivity contribution in [3.8, 4) is 0 Å². The van der Waals surface area contributed by atoms with Crippen LogP contribution in [-0.4, -0.2) is 41.9 Å². The topological polar surface area (TPSA) is 104 Å². The number of aliphatic hydroxyl groups is 1. The van der Waals surface area contributed by atoms with Crippen LogP contribution in [0, 0.1) is 0 Å². The van der Waals surface area contributed by atoms with E-state index in [-0.39, 0.29) is 12.3 Å². The van der Waals surface area contributed by atoms with Crippen molar-refractivity contribution >= 4 is 16.0 Å². The first-order valence-corrected chi connectivity index (χ1v) is 21.8. The van der Waals surface area contributed by atoms with Gasteiger partial charge in [0.15, 0.2) is 0 Å². The monoisotopic (exact) mass is 696 g/mol. The summed E-state index contributed by atoms with van der Waals surface area (Å²) in [5.41, 5.74) is 0. The molecule has 3 N–H and O–H groups in total. The van der Waals surface area contributed by atoms with Crippen LogP contribution in [0.3, 0.4) is 0 Å². The summed E-state index contributed by atoms with van der Waals surface area (Å²) >= 11 is 0. The van der Waals surface area contributed by atoms with Gasteiger partial charge in [0.1, 0.15) is 0 Å². The molecule has 48 heavy (non-hydrogen) atoms. The Bertz CT molecular complexity index is 899. The molecule has 0 aliphatic rings. The number of aliphatic hydroxyl groups excluding tert-OH is 1. The van der Waals surface area contributed by atoms with E-state index >= 15 is 0 Å². The number of hydrogen-bond acceptors (Lipinski definition) is 4. The van der Waals surface area contributed by atoms with Crippen LogP contribution in [0.1, 0.15) is 200 Å². The second-order valence-corrected chi connectivity index (χ2v) is 15.4. The van der Waals surface area contributed by atoms with Crippen LogP contribution < -0.4 is 5.32 Å². The summed E-state index contributed by atoms with van der Waals surface area (Å²) in [6.07, 6.45) is 45.6. The van der Waals surface area contributed by atoms with E-state index in [2.05, 4.69) is 43.5 Å². The van der Waals surface area contributed by atoms with Crippen molar-refractivity contribution < 1.29 is 22.9 Å².